The second kappa shape index (κ2) is 6.74. The molecule has 0 spiro atoms. The lowest BCUT2D eigenvalue weighted by atomic mass is 9.93. The van der Waals surface area contributed by atoms with Crippen molar-refractivity contribution in [2.24, 2.45) is 0 Å². The van der Waals surface area contributed by atoms with Crippen LogP contribution in [-0.4, -0.2) is 29.5 Å². The van der Waals surface area contributed by atoms with Crippen LogP contribution in [-0.2, 0) is 16.6 Å². The largest absolute Gasteiger partial charge is 0.483 e. The Labute approximate surface area is 166 Å². The van der Waals surface area contributed by atoms with Crippen molar-refractivity contribution in [3.8, 4) is 5.75 Å². The van der Waals surface area contributed by atoms with Crippen molar-refractivity contribution < 1.29 is 17.7 Å². The van der Waals surface area contributed by atoms with Gasteiger partial charge in [0.15, 0.2) is 5.76 Å². The van der Waals surface area contributed by atoms with Crippen LogP contribution in [0.3, 0.4) is 0 Å². The minimum Gasteiger partial charge on any atom is -0.483 e. The monoisotopic (exact) mass is 402 g/mol. The van der Waals surface area contributed by atoms with Crippen molar-refractivity contribution in [3.63, 3.8) is 0 Å². The smallest absolute Gasteiger partial charge is 0.249 e. The van der Waals surface area contributed by atoms with Gasteiger partial charge in [0.2, 0.25) is 10.0 Å². The number of aromatic nitrogens is 1. The molecule has 1 aliphatic carbocycles. The van der Waals surface area contributed by atoms with Crippen LogP contribution in [0, 0.1) is 13.8 Å². The van der Waals surface area contributed by atoms with Crippen LogP contribution in [0.5, 0.6) is 5.75 Å². The second-order valence-electron chi connectivity index (χ2n) is 8.20. The highest BCUT2D eigenvalue weighted by atomic mass is 32.2. The molecule has 1 aromatic carbocycles. The SMILES string of the molecule is Cc1noc(C)c1S(=O)(=O)N(Cc1ccc2c(c1)C=CC(C)(C)O2)C1CCC1. The molecule has 7 heteroatoms. The van der Waals surface area contributed by atoms with Gasteiger partial charge in [0.05, 0.1) is 0 Å². The number of fused-ring (bicyclic) bond motifs is 1. The highest BCUT2D eigenvalue weighted by Crippen LogP contribution is 2.35. The highest BCUT2D eigenvalue weighted by molar-refractivity contribution is 7.89. The average Bonchev–Trinajstić information content (AvgIpc) is 2.91. The molecule has 6 nitrogen and oxygen atoms in total. The van der Waals surface area contributed by atoms with Gasteiger partial charge in [-0.25, -0.2) is 8.42 Å². The van der Waals surface area contributed by atoms with Crippen molar-refractivity contribution in [2.75, 3.05) is 0 Å². The first-order valence-corrected chi connectivity index (χ1v) is 11.1. The van der Waals surface area contributed by atoms with E-state index in [4.69, 9.17) is 9.26 Å². The maximum Gasteiger partial charge on any atom is 0.249 e. The molecule has 0 bridgehead atoms. The number of rotatable bonds is 5. The summed E-state index contributed by atoms with van der Waals surface area (Å²) in [6, 6.07) is 5.90. The maximum absolute atomic E-state index is 13.4. The van der Waals surface area contributed by atoms with Crippen molar-refractivity contribution in [1.29, 1.82) is 0 Å². The van der Waals surface area contributed by atoms with Gasteiger partial charge in [0.1, 0.15) is 21.9 Å². The quantitative estimate of drug-likeness (QED) is 0.749. The normalized spacial score (nSPS) is 18.6. The van der Waals surface area contributed by atoms with Crippen LogP contribution in [0.15, 0.2) is 33.7 Å². The summed E-state index contributed by atoms with van der Waals surface area (Å²) in [6.07, 6.45) is 6.87. The number of ether oxygens (including phenoxy) is 1. The Hall–Kier alpha value is -2.12. The van der Waals surface area contributed by atoms with E-state index in [0.717, 1.165) is 36.1 Å². The van der Waals surface area contributed by atoms with Crippen LogP contribution in [0.25, 0.3) is 6.08 Å². The Kier molecular flexibility index (Phi) is 4.62. The van der Waals surface area contributed by atoms with E-state index in [1.54, 1.807) is 18.2 Å². The summed E-state index contributed by atoms with van der Waals surface area (Å²) in [7, 11) is -3.69. The molecule has 1 aliphatic heterocycles. The van der Waals surface area contributed by atoms with Gasteiger partial charge >= 0.3 is 0 Å². The van der Waals surface area contributed by atoms with Gasteiger partial charge in [-0.1, -0.05) is 23.7 Å². The van der Waals surface area contributed by atoms with E-state index in [1.807, 2.05) is 44.2 Å². The van der Waals surface area contributed by atoms with E-state index >= 15 is 0 Å². The van der Waals surface area contributed by atoms with Crippen molar-refractivity contribution >= 4 is 16.1 Å². The summed E-state index contributed by atoms with van der Waals surface area (Å²) in [5.74, 6) is 1.16. The first-order valence-electron chi connectivity index (χ1n) is 9.63. The van der Waals surface area contributed by atoms with Crippen LogP contribution < -0.4 is 4.74 Å². The van der Waals surface area contributed by atoms with Gasteiger partial charge in [-0.3, -0.25) is 0 Å². The second-order valence-corrected chi connectivity index (χ2v) is 10.0. The third kappa shape index (κ3) is 3.37. The number of hydrogen-bond acceptors (Lipinski definition) is 5. The van der Waals surface area contributed by atoms with Gasteiger partial charge in [0, 0.05) is 18.2 Å². The molecule has 150 valence electrons. The molecule has 1 aromatic heterocycles. The molecule has 1 saturated carbocycles. The minimum absolute atomic E-state index is 0.0143. The summed E-state index contributed by atoms with van der Waals surface area (Å²) in [5.41, 5.74) is 1.99. The van der Waals surface area contributed by atoms with Crippen molar-refractivity contribution in [1.82, 2.24) is 9.46 Å². The number of benzene rings is 1. The molecule has 2 aromatic rings. The van der Waals surface area contributed by atoms with E-state index < -0.39 is 10.0 Å². The van der Waals surface area contributed by atoms with E-state index in [1.165, 1.54) is 0 Å². The molecule has 0 radical (unpaired) electrons. The third-order valence-electron chi connectivity index (χ3n) is 5.47. The maximum atomic E-state index is 13.4. The van der Waals surface area contributed by atoms with E-state index in [-0.39, 0.29) is 16.5 Å². The molecule has 0 atom stereocenters. The van der Waals surface area contributed by atoms with Crippen molar-refractivity contribution in [3.05, 3.63) is 46.9 Å². The lowest BCUT2D eigenvalue weighted by Gasteiger charge is -2.36. The molecular weight excluding hydrogens is 376 g/mol. The molecule has 0 unspecified atom stereocenters. The van der Waals surface area contributed by atoms with Crippen LogP contribution >= 0.6 is 0 Å². The molecule has 0 saturated heterocycles. The van der Waals surface area contributed by atoms with Gasteiger partial charge in [-0.15, -0.1) is 0 Å². The van der Waals surface area contributed by atoms with Gasteiger partial charge in [-0.05, 0) is 64.3 Å². The summed E-state index contributed by atoms with van der Waals surface area (Å²) in [4.78, 5) is 0.197. The zero-order chi connectivity index (χ0) is 20.1. The summed E-state index contributed by atoms with van der Waals surface area (Å²) >= 11 is 0. The molecule has 1 fully saturated rings. The van der Waals surface area contributed by atoms with E-state index in [9.17, 15) is 8.42 Å². The average molecular weight is 403 g/mol. The van der Waals surface area contributed by atoms with E-state index in [0.29, 0.717) is 18.0 Å². The number of sulfonamides is 1. The Bertz CT molecular complexity index is 1010. The molecule has 0 N–H and O–H groups in total. The Balaban J connectivity index is 1.67. The van der Waals surface area contributed by atoms with Gasteiger partial charge < -0.3 is 9.26 Å². The Morgan fingerprint density at radius 2 is 2.00 bits per heavy atom. The van der Waals surface area contributed by atoms with Crippen LogP contribution in [0.2, 0.25) is 0 Å². The predicted octanol–water partition coefficient (Wildman–Crippen LogP) is 4.22. The summed E-state index contributed by atoms with van der Waals surface area (Å²) < 4.78 is 39.6. The lowest BCUT2D eigenvalue weighted by molar-refractivity contribution is 0.159. The summed E-state index contributed by atoms with van der Waals surface area (Å²) in [6.45, 7) is 7.66. The molecule has 28 heavy (non-hydrogen) atoms. The molecule has 0 amide bonds. The lowest BCUT2D eigenvalue weighted by Crippen LogP contribution is -2.43. The van der Waals surface area contributed by atoms with E-state index in [2.05, 4.69) is 5.16 Å². The fraction of sp³-hybridized carbons (Fsp3) is 0.476. The molecule has 4 rings (SSSR count). The van der Waals surface area contributed by atoms with Crippen LogP contribution in [0.4, 0.5) is 0 Å². The standard InChI is InChI=1S/C21H26N2O4S/c1-14-20(15(2)27-22-14)28(24,25)23(18-6-5-7-18)13-16-8-9-19-17(12-16)10-11-21(3,4)26-19/h8-12,18H,5-7,13H2,1-4H3. The first-order chi connectivity index (χ1) is 13.2. The Morgan fingerprint density at radius 1 is 1.25 bits per heavy atom. The fourth-order valence-electron chi connectivity index (χ4n) is 3.75. The number of nitrogens with zero attached hydrogens (tertiary/aromatic N) is 2. The first kappa shape index (κ1) is 19.2. The van der Waals surface area contributed by atoms with Gasteiger partial charge in [-0.2, -0.15) is 4.31 Å². The summed E-state index contributed by atoms with van der Waals surface area (Å²) in [5, 5.41) is 3.84. The third-order valence-corrected chi connectivity index (χ3v) is 7.61. The molecule has 2 aliphatic rings. The zero-order valence-electron chi connectivity index (χ0n) is 16.7. The predicted molar refractivity (Wildman–Crippen MR) is 107 cm³/mol. The van der Waals surface area contributed by atoms with Gasteiger partial charge in [0.25, 0.3) is 0 Å². The number of hydrogen-bond donors (Lipinski definition) is 0. The molecular formula is C21H26N2O4S. The fourth-order valence-corrected chi connectivity index (χ4v) is 5.72. The highest BCUT2D eigenvalue weighted by Gasteiger charge is 2.38. The minimum atomic E-state index is -3.69. The van der Waals surface area contributed by atoms with Crippen molar-refractivity contribution in [2.45, 2.75) is 70.0 Å². The zero-order valence-corrected chi connectivity index (χ0v) is 17.5. The molecule has 2 heterocycles. The van der Waals surface area contributed by atoms with Crippen LogP contribution in [0.1, 0.15) is 55.7 Å². The topological polar surface area (TPSA) is 72.6 Å². The number of aryl methyl sites for hydroxylation is 2. The Morgan fingerprint density at radius 3 is 2.61 bits per heavy atom.